The molecule has 0 aliphatic carbocycles. The molecule has 0 heterocycles. The molecule has 0 aliphatic heterocycles. The number of thioether (sulfide) groups is 1. The van der Waals surface area contributed by atoms with Crippen LogP contribution in [-0.4, -0.2) is 18.9 Å². The number of hydrogen-bond acceptors (Lipinski definition) is 5. The Morgan fingerprint density at radius 1 is 1.08 bits per heavy atom. The van der Waals surface area contributed by atoms with Crippen molar-refractivity contribution in [3.63, 3.8) is 0 Å². The van der Waals surface area contributed by atoms with Gasteiger partial charge in [0, 0.05) is 16.3 Å². The van der Waals surface area contributed by atoms with Gasteiger partial charge in [-0.1, -0.05) is 11.6 Å². The van der Waals surface area contributed by atoms with Gasteiger partial charge in [-0.2, -0.15) is 5.26 Å². The molecule has 0 saturated heterocycles. The monoisotopic (exact) mass is 361 g/mol. The highest BCUT2D eigenvalue weighted by atomic mass is 35.5. The quantitative estimate of drug-likeness (QED) is 0.494. The molecule has 0 saturated carbocycles. The van der Waals surface area contributed by atoms with Crippen LogP contribution in [0.4, 0.5) is 11.4 Å². The molecule has 6 nitrogen and oxygen atoms in total. The van der Waals surface area contributed by atoms with Crippen molar-refractivity contribution in [1.29, 1.82) is 5.26 Å². The maximum absolute atomic E-state index is 11.9. The number of hydrogen-bond donors (Lipinski definition) is 2. The van der Waals surface area contributed by atoms with Crippen LogP contribution in [0, 0.1) is 10.7 Å². The number of rotatable bonds is 4. The summed E-state index contributed by atoms with van der Waals surface area (Å²) in [7, 11) is 1.48. The predicted octanol–water partition coefficient (Wildman–Crippen LogP) is 3.50. The van der Waals surface area contributed by atoms with Crippen molar-refractivity contribution in [2.24, 2.45) is 0 Å². The highest BCUT2D eigenvalue weighted by Gasteiger charge is 2.14. The molecule has 2 aromatic carbocycles. The van der Waals surface area contributed by atoms with E-state index in [1.54, 1.807) is 36.4 Å². The Kier molecular flexibility index (Phi) is 6.07. The van der Waals surface area contributed by atoms with Crippen molar-refractivity contribution >= 4 is 46.6 Å². The number of nitrogens with zero attached hydrogens (tertiary/aromatic N) is 1. The van der Waals surface area contributed by atoms with E-state index in [1.807, 2.05) is 5.40 Å². The highest BCUT2D eigenvalue weighted by Crippen LogP contribution is 2.27. The SMILES string of the molecule is COc1ccc(NC(=O)C(=O)Nc2ccc(SC#N)cc2)cc1Cl. The minimum Gasteiger partial charge on any atom is -0.495 e. The lowest BCUT2D eigenvalue weighted by molar-refractivity contribution is -0.132. The maximum atomic E-state index is 11.9. The summed E-state index contributed by atoms with van der Waals surface area (Å²) in [4.78, 5) is 24.5. The molecule has 0 spiro atoms. The van der Waals surface area contributed by atoms with Gasteiger partial charge in [-0.3, -0.25) is 9.59 Å². The van der Waals surface area contributed by atoms with Crippen molar-refractivity contribution < 1.29 is 14.3 Å². The Balaban J connectivity index is 1.98. The summed E-state index contributed by atoms with van der Waals surface area (Å²) in [5.41, 5.74) is 0.826. The number of benzene rings is 2. The van der Waals surface area contributed by atoms with Crippen molar-refractivity contribution in [2.75, 3.05) is 17.7 Å². The number of amides is 2. The summed E-state index contributed by atoms with van der Waals surface area (Å²) in [6, 6.07) is 11.2. The maximum Gasteiger partial charge on any atom is 0.314 e. The standard InChI is InChI=1S/C16H12ClN3O3S/c1-23-14-7-4-11(8-13(14)17)20-16(22)15(21)19-10-2-5-12(6-3-10)24-9-18/h2-8H,1H3,(H,19,21)(H,20,22). The average Bonchev–Trinajstić information content (AvgIpc) is 2.57. The van der Waals surface area contributed by atoms with Gasteiger partial charge in [0.15, 0.2) is 0 Å². The minimum atomic E-state index is -0.827. The zero-order chi connectivity index (χ0) is 17.5. The van der Waals surface area contributed by atoms with Gasteiger partial charge in [0.25, 0.3) is 0 Å². The van der Waals surface area contributed by atoms with Crippen LogP contribution in [0.25, 0.3) is 0 Å². The molecule has 0 aliphatic rings. The van der Waals surface area contributed by atoms with Gasteiger partial charge in [-0.15, -0.1) is 0 Å². The van der Waals surface area contributed by atoms with Crippen molar-refractivity contribution in [3.05, 3.63) is 47.5 Å². The molecular weight excluding hydrogens is 350 g/mol. The Morgan fingerprint density at radius 3 is 2.21 bits per heavy atom. The minimum absolute atomic E-state index is 0.321. The van der Waals surface area contributed by atoms with Crippen molar-refractivity contribution in [1.82, 2.24) is 0 Å². The molecule has 0 bridgehead atoms. The number of halogens is 1. The van der Waals surface area contributed by atoms with Gasteiger partial charge in [0.05, 0.1) is 12.1 Å². The first-order valence-electron chi connectivity index (χ1n) is 6.65. The van der Waals surface area contributed by atoms with Crippen LogP contribution in [0.5, 0.6) is 5.75 Å². The molecule has 2 aromatic rings. The van der Waals surface area contributed by atoms with E-state index in [-0.39, 0.29) is 0 Å². The van der Waals surface area contributed by atoms with Crippen LogP contribution in [0.15, 0.2) is 47.4 Å². The van der Waals surface area contributed by atoms with E-state index in [1.165, 1.54) is 13.2 Å². The van der Waals surface area contributed by atoms with Crippen LogP contribution >= 0.6 is 23.4 Å². The number of methoxy groups -OCH3 is 1. The largest absolute Gasteiger partial charge is 0.495 e. The number of thiocyanates is 1. The van der Waals surface area contributed by atoms with Gasteiger partial charge in [-0.25, -0.2) is 0 Å². The Hall–Kier alpha value is -2.69. The normalized spacial score (nSPS) is 9.71. The molecule has 2 amide bonds. The molecule has 0 aromatic heterocycles. The topological polar surface area (TPSA) is 91.2 Å². The first-order chi connectivity index (χ1) is 11.5. The van der Waals surface area contributed by atoms with Gasteiger partial charge < -0.3 is 15.4 Å². The van der Waals surface area contributed by atoms with E-state index in [2.05, 4.69) is 10.6 Å². The lowest BCUT2D eigenvalue weighted by Crippen LogP contribution is -2.29. The Morgan fingerprint density at radius 2 is 1.67 bits per heavy atom. The summed E-state index contributed by atoms with van der Waals surface area (Å²) < 4.78 is 5.01. The first-order valence-corrected chi connectivity index (χ1v) is 7.85. The van der Waals surface area contributed by atoms with Crippen LogP contribution < -0.4 is 15.4 Å². The van der Waals surface area contributed by atoms with Gasteiger partial charge in [-0.05, 0) is 54.2 Å². The molecular formula is C16H12ClN3O3S. The van der Waals surface area contributed by atoms with E-state index in [0.29, 0.717) is 22.1 Å². The molecule has 0 radical (unpaired) electrons. The van der Waals surface area contributed by atoms with E-state index in [9.17, 15) is 9.59 Å². The molecule has 2 rings (SSSR count). The van der Waals surface area contributed by atoms with Crippen LogP contribution in [-0.2, 0) is 9.59 Å². The lowest BCUT2D eigenvalue weighted by Gasteiger charge is -2.08. The zero-order valence-electron chi connectivity index (χ0n) is 12.5. The number of ether oxygens (including phenoxy) is 1. The molecule has 0 atom stereocenters. The van der Waals surface area contributed by atoms with Crippen LogP contribution in [0.3, 0.4) is 0 Å². The lowest BCUT2D eigenvalue weighted by atomic mass is 10.3. The van der Waals surface area contributed by atoms with E-state index >= 15 is 0 Å². The third-order valence-corrected chi connectivity index (χ3v) is 3.79. The predicted molar refractivity (Wildman–Crippen MR) is 93.2 cm³/mol. The molecule has 122 valence electrons. The molecule has 0 fully saturated rings. The summed E-state index contributed by atoms with van der Waals surface area (Å²) in [5.74, 6) is -1.18. The zero-order valence-corrected chi connectivity index (χ0v) is 14.1. The molecule has 2 N–H and O–H groups in total. The number of anilines is 2. The number of carbonyl (C=O) groups is 2. The second kappa shape index (κ2) is 8.24. The first kappa shape index (κ1) is 17.7. The fourth-order valence-electron chi connectivity index (χ4n) is 1.78. The summed E-state index contributed by atoms with van der Waals surface area (Å²) >= 11 is 6.97. The third kappa shape index (κ3) is 4.65. The summed E-state index contributed by atoms with van der Waals surface area (Å²) in [6.07, 6.45) is 0. The fourth-order valence-corrected chi connectivity index (χ4v) is 2.41. The van der Waals surface area contributed by atoms with Gasteiger partial charge in [0.1, 0.15) is 11.2 Å². The van der Waals surface area contributed by atoms with E-state index in [0.717, 1.165) is 16.7 Å². The Labute approximate surface area is 147 Å². The Bertz CT molecular complexity index is 803. The second-order valence-corrected chi connectivity index (χ2v) is 5.74. The van der Waals surface area contributed by atoms with Crippen molar-refractivity contribution in [3.8, 4) is 11.2 Å². The smallest absolute Gasteiger partial charge is 0.314 e. The molecule has 24 heavy (non-hydrogen) atoms. The average molecular weight is 362 g/mol. The van der Waals surface area contributed by atoms with Crippen LogP contribution in [0.1, 0.15) is 0 Å². The summed E-state index contributed by atoms with van der Waals surface area (Å²) in [6.45, 7) is 0. The molecule has 8 heteroatoms. The third-order valence-electron chi connectivity index (χ3n) is 2.89. The van der Waals surface area contributed by atoms with Crippen molar-refractivity contribution in [2.45, 2.75) is 4.90 Å². The van der Waals surface area contributed by atoms with Crippen LogP contribution in [0.2, 0.25) is 5.02 Å². The van der Waals surface area contributed by atoms with E-state index in [4.69, 9.17) is 21.6 Å². The fraction of sp³-hybridized carbons (Fsp3) is 0.0625. The second-order valence-electron chi connectivity index (χ2n) is 4.48. The summed E-state index contributed by atoms with van der Waals surface area (Å²) in [5, 5.41) is 15.8. The number of nitrogens with one attached hydrogen (secondary N) is 2. The highest BCUT2D eigenvalue weighted by molar-refractivity contribution is 8.03. The van der Waals surface area contributed by atoms with E-state index < -0.39 is 11.8 Å². The van der Waals surface area contributed by atoms with Gasteiger partial charge >= 0.3 is 11.8 Å². The van der Waals surface area contributed by atoms with Gasteiger partial charge in [0.2, 0.25) is 0 Å². The number of nitriles is 1. The molecule has 0 unspecified atom stereocenters. The number of carbonyl (C=O) groups excluding carboxylic acids is 2.